The highest BCUT2D eigenvalue weighted by Gasteiger charge is 1.80. The Labute approximate surface area is 48.0 Å². The van der Waals surface area contributed by atoms with E-state index in [2.05, 4.69) is 6.07 Å². The number of carbonyl (C=O) groups excluding carboxylic acids is 1. The highest BCUT2D eigenvalue weighted by molar-refractivity contribution is 5.74. The maximum atomic E-state index is 9.99. The van der Waals surface area contributed by atoms with E-state index in [9.17, 15) is 4.79 Å². The average molecular weight is 105 g/mol. The topological polar surface area (TPSA) is 17.1 Å². The molecule has 0 aliphatic rings. The molecular weight excluding hydrogens is 100 g/mol. The highest BCUT2D eigenvalue weighted by Crippen LogP contribution is 1.90. The summed E-state index contributed by atoms with van der Waals surface area (Å²) in [4.78, 5) is 9.99. The van der Waals surface area contributed by atoms with Gasteiger partial charge in [-0.3, -0.25) is 4.79 Å². The standard InChI is InChI=1S/C7H5O/c8-6-7-4-2-1-3-5-7/h2-6H. The first-order valence-corrected chi connectivity index (χ1v) is 2.35. The van der Waals surface area contributed by atoms with Crippen molar-refractivity contribution in [3.05, 3.63) is 35.9 Å². The predicted molar refractivity (Wildman–Crippen MR) is 30.7 cm³/mol. The monoisotopic (exact) mass is 105 g/mol. The van der Waals surface area contributed by atoms with Gasteiger partial charge in [0, 0.05) is 5.56 Å². The van der Waals surface area contributed by atoms with Crippen molar-refractivity contribution in [1.29, 1.82) is 0 Å². The molecule has 0 amide bonds. The molecule has 0 aromatic heterocycles. The van der Waals surface area contributed by atoms with Crippen molar-refractivity contribution in [2.75, 3.05) is 0 Å². The minimum atomic E-state index is 0.698. The van der Waals surface area contributed by atoms with Crippen LogP contribution in [0.1, 0.15) is 10.4 Å². The van der Waals surface area contributed by atoms with Crippen molar-refractivity contribution in [1.82, 2.24) is 0 Å². The first kappa shape index (κ1) is 5.04. The maximum absolute atomic E-state index is 9.99. The van der Waals surface area contributed by atoms with Crippen molar-refractivity contribution >= 4 is 6.29 Å². The third-order valence-corrected chi connectivity index (χ3v) is 0.880. The zero-order chi connectivity index (χ0) is 5.82. The molecule has 0 heterocycles. The summed E-state index contributed by atoms with van der Waals surface area (Å²) in [7, 11) is 0. The zero-order valence-electron chi connectivity index (χ0n) is 4.29. The fourth-order valence-electron chi connectivity index (χ4n) is 0.478. The Kier molecular flexibility index (Phi) is 1.42. The van der Waals surface area contributed by atoms with E-state index in [-0.39, 0.29) is 0 Å². The van der Waals surface area contributed by atoms with Gasteiger partial charge in [0.15, 0.2) is 0 Å². The molecule has 8 heavy (non-hydrogen) atoms. The summed E-state index contributed by atoms with van der Waals surface area (Å²) in [6, 6.07) is 9.66. The highest BCUT2D eigenvalue weighted by atomic mass is 16.1. The molecule has 1 aromatic rings. The summed E-state index contributed by atoms with van der Waals surface area (Å²) < 4.78 is 0. The minimum absolute atomic E-state index is 0.698. The third kappa shape index (κ3) is 0.936. The van der Waals surface area contributed by atoms with Gasteiger partial charge in [0.05, 0.1) is 0 Å². The molecule has 0 bridgehead atoms. The summed E-state index contributed by atoms with van der Waals surface area (Å²) >= 11 is 0. The second-order valence-corrected chi connectivity index (χ2v) is 1.45. The number of aldehydes is 1. The van der Waals surface area contributed by atoms with Gasteiger partial charge in [-0.1, -0.05) is 24.3 Å². The van der Waals surface area contributed by atoms with Crippen molar-refractivity contribution in [3.8, 4) is 0 Å². The number of hydrogen-bond donors (Lipinski definition) is 0. The zero-order valence-corrected chi connectivity index (χ0v) is 4.29. The van der Waals surface area contributed by atoms with Crippen LogP contribution < -0.4 is 0 Å². The lowest BCUT2D eigenvalue weighted by atomic mass is 10.2. The molecule has 39 valence electrons. The smallest absolute Gasteiger partial charge is 0.150 e. The number of carbonyl (C=O) groups is 1. The lowest BCUT2D eigenvalue weighted by Crippen LogP contribution is -1.73. The Morgan fingerprint density at radius 1 is 1.38 bits per heavy atom. The van der Waals surface area contributed by atoms with Gasteiger partial charge in [-0.2, -0.15) is 0 Å². The number of rotatable bonds is 1. The Balaban J connectivity index is 2.99. The van der Waals surface area contributed by atoms with Gasteiger partial charge in [0.1, 0.15) is 6.29 Å². The molecule has 1 nitrogen and oxygen atoms in total. The van der Waals surface area contributed by atoms with Crippen LogP contribution in [0, 0.1) is 6.07 Å². The Hall–Kier alpha value is -1.11. The molecule has 0 unspecified atom stereocenters. The summed E-state index contributed by atoms with van der Waals surface area (Å²) in [5, 5.41) is 0. The summed E-state index contributed by atoms with van der Waals surface area (Å²) in [5.74, 6) is 0. The second-order valence-electron chi connectivity index (χ2n) is 1.45. The number of benzene rings is 1. The summed E-state index contributed by atoms with van der Waals surface area (Å²) in [6.07, 6.45) is 0.813. The van der Waals surface area contributed by atoms with Gasteiger partial charge in [0.25, 0.3) is 0 Å². The number of hydrogen-bond acceptors (Lipinski definition) is 1. The van der Waals surface area contributed by atoms with Gasteiger partial charge < -0.3 is 0 Å². The van der Waals surface area contributed by atoms with Crippen LogP contribution in [0.3, 0.4) is 0 Å². The Morgan fingerprint density at radius 3 is 2.38 bits per heavy atom. The van der Waals surface area contributed by atoms with Crippen LogP contribution >= 0.6 is 0 Å². The average Bonchev–Trinajstić information content (AvgIpc) is 1.90. The van der Waals surface area contributed by atoms with Crippen LogP contribution in [0.2, 0.25) is 0 Å². The molecule has 1 rings (SSSR count). The molecule has 0 fully saturated rings. The van der Waals surface area contributed by atoms with E-state index in [1.54, 1.807) is 24.3 Å². The molecule has 0 saturated carbocycles. The first-order chi connectivity index (χ1) is 3.93. The van der Waals surface area contributed by atoms with E-state index in [1.165, 1.54) is 0 Å². The lowest BCUT2D eigenvalue weighted by molar-refractivity contribution is 0.112. The van der Waals surface area contributed by atoms with Crippen LogP contribution in [0.25, 0.3) is 0 Å². The van der Waals surface area contributed by atoms with E-state index >= 15 is 0 Å². The van der Waals surface area contributed by atoms with Crippen molar-refractivity contribution in [3.63, 3.8) is 0 Å². The van der Waals surface area contributed by atoms with Gasteiger partial charge in [-0.15, -0.1) is 0 Å². The maximum Gasteiger partial charge on any atom is 0.150 e. The lowest BCUT2D eigenvalue weighted by Gasteiger charge is -1.81. The predicted octanol–water partition coefficient (Wildman–Crippen LogP) is 1.30. The van der Waals surface area contributed by atoms with Crippen LogP contribution in [-0.2, 0) is 0 Å². The van der Waals surface area contributed by atoms with E-state index in [0.29, 0.717) is 5.56 Å². The van der Waals surface area contributed by atoms with Crippen LogP contribution in [-0.4, -0.2) is 6.29 Å². The van der Waals surface area contributed by atoms with Crippen LogP contribution in [0.5, 0.6) is 0 Å². The van der Waals surface area contributed by atoms with Crippen LogP contribution in [0.15, 0.2) is 24.3 Å². The largest absolute Gasteiger partial charge is 0.298 e. The minimum Gasteiger partial charge on any atom is -0.298 e. The van der Waals surface area contributed by atoms with Gasteiger partial charge >= 0.3 is 0 Å². The van der Waals surface area contributed by atoms with Gasteiger partial charge in [-0.25, -0.2) is 0 Å². The molecule has 1 radical (unpaired) electrons. The molecule has 0 atom stereocenters. The Morgan fingerprint density at radius 2 is 2.00 bits per heavy atom. The normalized spacial score (nSPS) is 8.50. The van der Waals surface area contributed by atoms with E-state index in [4.69, 9.17) is 0 Å². The second kappa shape index (κ2) is 2.26. The van der Waals surface area contributed by atoms with E-state index < -0.39 is 0 Å². The van der Waals surface area contributed by atoms with Crippen molar-refractivity contribution in [2.45, 2.75) is 0 Å². The van der Waals surface area contributed by atoms with Crippen LogP contribution in [0.4, 0.5) is 0 Å². The molecule has 0 spiro atoms. The molecule has 0 aliphatic heterocycles. The first-order valence-electron chi connectivity index (χ1n) is 2.35. The molecule has 0 saturated heterocycles. The van der Waals surface area contributed by atoms with Crippen molar-refractivity contribution < 1.29 is 4.79 Å². The fourth-order valence-corrected chi connectivity index (χ4v) is 0.478. The molecule has 1 heteroatoms. The summed E-state index contributed by atoms with van der Waals surface area (Å²) in [6.45, 7) is 0. The van der Waals surface area contributed by atoms with E-state index in [1.807, 2.05) is 0 Å². The quantitative estimate of drug-likeness (QED) is 0.492. The molecule has 0 N–H and O–H groups in total. The van der Waals surface area contributed by atoms with Crippen molar-refractivity contribution in [2.24, 2.45) is 0 Å². The third-order valence-electron chi connectivity index (χ3n) is 0.880. The molecule has 1 aromatic carbocycles. The Bertz CT molecular complexity index is 167. The summed E-state index contributed by atoms with van der Waals surface area (Å²) in [5.41, 5.74) is 0.698. The van der Waals surface area contributed by atoms with E-state index in [0.717, 1.165) is 6.29 Å². The fraction of sp³-hybridized carbons (Fsp3) is 0. The SMILES string of the molecule is O=Cc1cc[c]cc1. The van der Waals surface area contributed by atoms with Gasteiger partial charge in [-0.05, 0) is 6.07 Å². The molecule has 0 aliphatic carbocycles. The molecular formula is C7H5O. The van der Waals surface area contributed by atoms with Gasteiger partial charge in [0.2, 0.25) is 0 Å².